The highest BCUT2D eigenvalue weighted by Crippen LogP contribution is 2.29. The van der Waals surface area contributed by atoms with Gasteiger partial charge in [0.1, 0.15) is 11.3 Å². The van der Waals surface area contributed by atoms with Crippen molar-refractivity contribution in [2.75, 3.05) is 12.8 Å². The van der Waals surface area contributed by atoms with Crippen LogP contribution in [0.2, 0.25) is 0 Å². The van der Waals surface area contributed by atoms with Gasteiger partial charge in [-0.3, -0.25) is 0 Å². The summed E-state index contributed by atoms with van der Waals surface area (Å²) in [6.45, 7) is 1.81. The van der Waals surface area contributed by atoms with E-state index >= 15 is 0 Å². The van der Waals surface area contributed by atoms with Crippen LogP contribution in [0.5, 0.6) is 0 Å². The highest BCUT2D eigenvalue weighted by Gasteiger charge is 2.16. The molecule has 0 radical (unpaired) electrons. The summed E-state index contributed by atoms with van der Waals surface area (Å²) in [7, 11) is 1.30. The molecule has 6 nitrogen and oxygen atoms in total. The van der Waals surface area contributed by atoms with Crippen LogP contribution in [0, 0.1) is 6.92 Å². The Morgan fingerprint density at radius 2 is 2.33 bits per heavy atom. The molecular weight excluding hydrogens is 254 g/mol. The Kier molecular flexibility index (Phi) is 3.52. The molecule has 0 aliphatic heterocycles. The van der Waals surface area contributed by atoms with E-state index in [1.54, 1.807) is 0 Å². The number of nitrogen functional groups attached to an aromatic ring is 1. The van der Waals surface area contributed by atoms with Crippen LogP contribution in [-0.2, 0) is 4.74 Å². The molecule has 0 saturated heterocycles. The van der Waals surface area contributed by atoms with Gasteiger partial charge in [0, 0.05) is 0 Å². The Morgan fingerprint density at radius 3 is 2.94 bits per heavy atom. The number of pyridine rings is 1. The third-order valence-corrected chi connectivity index (χ3v) is 2.94. The molecule has 94 valence electrons. The lowest BCUT2D eigenvalue weighted by atomic mass is 10.3. The van der Waals surface area contributed by atoms with Crippen molar-refractivity contribution in [3.63, 3.8) is 0 Å². The first-order valence-corrected chi connectivity index (χ1v) is 5.85. The van der Waals surface area contributed by atoms with Gasteiger partial charge in [-0.2, -0.15) is 0 Å². The van der Waals surface area contributed by atoms with Crippen molar-refractivity contribution in [3.8, 4) is 0 Å². The van der Waals surface area contributed by atoms with E-state index in [1.807, 2.05) is 6.92 Å². The van der Waals surface area contributed by atoms with Crippen LogP contribution in [0.25, 0.3) is 0 Å². The summed E-state index contributed by atoms with van der Waals surface area (Å²) >= 11 is 1.14. The molecule has 2 N–H and O–H groups in total. The number of carbonyl (C=O) groups is 1. The van der Waals surface area contributed by atoms with Gasteiger partial charge in [-0.25, -0.2) is 14.8 Å². The number of rotatable bonds is 3. The van der Waals surface area contributed by atoms with Gasteiger partial charge in [0.15, 0.2) is 0 Å². The van der Waals surface area contributed by atoms with Gasteiger partial charge in [-0.15, -0.1) is 0 Å². The second kappa shape index (κ2) is 5.09. The largest absolute Gasteiger partial charge is 0.465 e. The highest BCUT2D eigenvalue weighted by atomic mass is 32.2. The number of hydrogen-bond donors (Lipinski definition) is 1. The van der Waals surface area contributed by atoms with E-state index in [-0.39, 0.29) is 0 Å². The first kappa shape index (κ1) is 12.4. The van der Waals surface area contributed by atoms with Crippen molar-refractivity contribution < 1.29 is 13.9 Å². The minimum absolute atomic E-state index is 0.290. The number of aromatic nitrogens is 2. The molecule has 0 spiro atoms. The average molecular weight is 265 g/mol. The zero-order chi connectivity index (χ0) is 13.1. The molecule has 0 unspecified atom stereocenters. The van der Waals surface area contributed by atoms with E-state index in [2.05, 4.69) is 14.7 Å². The number of nitrogens with two attached hydrogens (primary N) is 1. The van der Waals surface area contributed by atoms with Crippen molar-refractivity contribution in [3.05, 3.63) is 29.8 Å². The molecular formula is C11H11N3O3S. The minimum atomic E-state index is -0.499. The fourth-order valence-corrected chi connectivity index (χ4v) is 2.08. The summed E-state index contributed by atoms with van der Waals surface area (Å²) in [5, 5.41) is 0.854. The average Bonchev–Trinajstić information content (AvgIpc) is 2.76. The van der Waals surface area contributed by atoms with Crippen LogP contribution in [-0.4, -0.2) is 23.0 Å². The van der Waals surface area contributed by atoms with E-state index in [1.165, 1.54) is 25.6 Å². The first-order chi connectivity index (χ1) is 8.60. The van der Waals surface area contributed by atoms with Gasteiger partial charge in [0.05, 0.1) is 30.3 Å². The molecule has 2 rings (SSSR count). The van der Waals surface area contributed by atoms with Gasteiger partial charge in [-0.1, -0.05) is 0 Å². The monoisotopic (exact) mass is 265 g/mol. The maximum atomic E-state index is 11.6. The Balaban J connectivity index is 2.35. The second-order valence-corrected chi connectivity index (χ2v) is 4.41. The summed E-state index contributed by atoms with van der Waals surface area (Å²) in [4.78, 5) is 19.8. The summed E-state index contributed by atoms with van der Waals surface area (Å²) in [5.41, 5.74) is 7.04. The zero-order valence-electron chi connectivity index (χ0n) is 9.84. The number of anilines is 1. The quantitative estimate of drug-likeness (QED) is 0.847. The van der Waals surface area contributed by atoms with Gasteiger partial charge in [0.25, 0.3) is 5.22 Å². The molecule has 0 atom stereocenters. The highest BCUT2D eigenvalue weighted by molar-refractivity contribution is 7.99. The number of carbonyl (C=O) groups excluding carboxylic acids is 1. The van der Waals surface area contributed by atoms with Gasteiger partial charge >= 0.3 is 5.97 Å². The van der Waals surface area contributed by atoms with Crippen molar-refractivity contribution >= 4 is 23.4 Å². The molecule has 0 aliphatic carbocycles. The molecule has 0 aliphatic rings. The third kappa shape index (κ3) is 2.62. The lowest BCUT2D eigenvalue weighted by Gasteiger charge is -2.05. The molecule has 0 aromatic carbocycles. The van der Waals surface area contributed by atoms with Crippen LogP contribution < -0.4 is 5.73 Å². The van der Waals surface area contributed by atoms with Crippen molar-refractivity contribution in [2.45, 2.75) is 17.2 Å². The topological polar surface area (TPSA) is 91.2 Å². The number of hydrogen-bond acceptors (Lipinski definition) is 7. The van der Waals surface area contributed by atoms with Gasteiger partial charge < -0.3 is 14.9 Å². The number of esters is 1. The zero-order valence-corrected chi connectivity index (χ0v) is 10.7. The van der Waals surface area contributed by atoms with E-state index in [0.29, 0.717) is 21.5 Å². The third-order valence-electron chi connectivity index (χ3n) is 2.06. The second-order valence-electron chi connectivity index (χ2n) is 3.47. The number of ether oxygens (including phenoxy) is 1. The Labute approximate surface area is 108 Å². The SMILES string of the molecule is COC(=O)c1cc(N)cnc1Sc1nc(C)co1. The molecule has 2 heterocycles. The Morgan fingerprint density at radius 1 is 1.56 bits per heavy atom. The standard InChI is InChI=1S/C11H11N3O3S/c1-6-5-17-11(14-6)18-9-8(10(15)16-2)3-7(12)4-13-9/h3-5H,12H2,1-2H3. The van der Waals surface area contributed by atoms with E-state index < -0.39 is 5.97 Å². The smallest absolute Gasteiger partial charge is 0.340 e. The van der Waals surface area contributed by atoms with Crippen LogP contribution in [0.3, 0.4) is 0 Å². The van der Waals surface area contributed by atoms with Gasteiger partial charge in [0.2, 0.25) is 0 Å². The van der Waals surface area contributed by atoms with E-state index in [0.717, 1.165) is 17.5 Å². The van der Waals surface area contributed by atoms with E-state index in [9.17, 15) is 4.79 Å². The molecule has 2 aromatic rings. The molecule has 0 fully saturated rings. The van der Waals surface area contributed by atoms with Crippen LogP contribution in [0.1, 0.15) is 16.1 Å². The van der Waals surface area contributed by atoms with E-state index in [4.69, 9.17) is 10.2 Å². The normalized spacial score (nSPS) is 10.3. The fourth-order valence-electron chi connectivity index (χ4n) is 1.27. The maximum Gasteiger partial charge on any atom is 0.340 e. The summed E-state index contributed by atoms with van der Waals surface area (Å²) in [6.07, 6.45) is 2.99. The molecule has 0 amide bonds. The Hall–Kier alpha value is -2.02. The maximum absolute atomic E-state index is 11.6. The lowest BCUT2D eigenvalue weighted by molar-refractivity contribution is 0.0596. The minimum Gasteiger partial charge on any atom is -0.465 e. The number of methoxy groups -OCH3 is 1. The van der Waals surface area contributed by atoms with Crippen LogP contribution >= 0.6 is 11.8 Å². The number of nitrogens with zero attached hydrogens (tertiary/aromatic N) is 2. The molecule has 0 saturated carbocycles. The number of aryl methyl sites for hydroxylation is 1. The predicted molar refractivity (Wildman–Crippen MR) is 65.4 cm³/mol. The predicted octanol–water partition coefficient (Wildman–Crippen LogP) is 1.90. The summed E-state index contributed by atoms with van der Waals surface area (Å²) < 4.78 is 9.87. The Bertz CT molecular complexity index is 583. The molecule has 7 heteroatoms. The molecule has 18 heavy (non-hydrogen) atoms. The van der Waals surface area contributed by atoms with Crippen LogP contribution in [0.15, 0.2) is 33.2 Å². The summed E-state index contributed by atoms with van der Waals surface area (Å²) in [6, 6.07) is 1.51. The number of oxazole rings is 1. The van der Waals surface area contributed by atoms with Crippen molar-refractivity contribution in [1.29, 1.82) is 0 Å². The van der Waals surface area contributed by atoms with Crippen molar-refractivity contribution in [1.82, 2.24) is 9.97 Å². The molecule has 0 bridgehead atoms. The van der Waals surface area contributed by atoms with Crippen molar-refractivity contribution in [2.24, 2.45) is 0 Å². The first-order valence-electron chi connectivity index (χ1n) is 5.04. The lowest BCUT2D eigenvalue weighted by Crippen LogP contribution is -2.05. The van der Waals surface area contributed by atoms with Crippen LogP contribution in [0.4, 0.5) is 5.69 Å². The van der Waals surface area contributed by atoms with Gasteiger partial charge in [-0.05, 0) is 24.8 Å². The fraction of sp³-hybridized carbons (Fsp3) is 0.182. The summed E-state index contributed by atoms with van der Waals surface area (Å²) in [5.74, 6) is -0.499. The molecule has 2 aromatic heterocycles.